The molecule has 3 rings (SSSR count). The first-order valence-electron chi connectivity index (χ1n) is 9.57. The van der Waals surface area contributed by atoms with Gasteiger partial charge in [0.1, 0.15) is 0 Å². The van der Waals surface area contributed by atoms with Gasteiger partial charge in [-0.15, -0.1) is 10.2 Å². The van der Waals surface area contributed by atoms with E-state index in [1.54, 1.807) is 0 Å². The minimum Gasteiger partial charge on any atom is -0.481 e. The predicted molar refractivity (Wildman–Crippen MR) is 103 cm³/mol. The summed E-state index contributed by atoms with van der Waals surface area (Å²) in [6, 6.07) is 8.43. The van der Waals surface area contributed by atoms with Gasteiger partial charge in [-0.3, -0.25) is 4.79 Å². The predicted octanol–water partition coefficient (Wildman–Crippen LogP) is 1.78. The number of rotatable bonds is 8. The van der Waals surface area contributed by atoms with Crippen LogP contribution < -0.4 is 4.90 Å². The van der Waals surface area contributed by atoms with E-state index in [4.69, 9.17) is 0 Å². The van der Waals surface area contributed by atoms with E-state index in [1.165, 1.54) is 5.69 Å². The van der Waals surface area contributed by atoms with Gasteiger partial charge < -0.3 is 14.9 Å². The van der Waals surface area contributed by atoms with Crippen molar-refractivity contribution in [3.05, 3.63) is 35.7 Å². The molecule has 8 nitrogen and oxygen atoms in total. The van der Waals surface area contributed by atoms with Gasteiger partial charge in [0.05, 0.1) is 5.92 Å². The van der Waals surface area contributed by atoms with E-state index in [9.17, 15) is 9.90 Å². The van der Waals surface area contributed by atoms with Crippen molar-refractivity contribution in [1.82, 2.24) is 25.5 Å². The molecular formula is C19H28N6O2. The van der Waals surface area contributed by atoms with Gasteiger partial charge >= 0.3 is 5.97 Å². The Morgan fingerprint density at radius 2 is 1.93 bits per heavy atom. The van der Waals surface area contributed by atoms with E-state index in [-0.39, 0.29) is 5.92 Å². The van der Waals surface area contributed by atoms with Crippen molar-refractivity contribution < 1.29 is 9.90 Å². The number of carbonyl (C=O) groups is 1. The summed E-state index contributed by atoms with van der Waals surface area (Å²) in [5.41, 5.74) is 2.30. The summed E-state index contributed by atoms with van der Waals surface area (Å²) in [5, 5.41) is 23.9. The fourth-order valence-corrected chi connectivity index (χ4v) is 3.71. The summed E-state index contributed by atoms with van der Waals surface area (Å²) >= 11 is 0. The van der Waals surface area contributed by atoms with Crippen LogP contribution in [0.2, 0.25) is 0 Å². The number of aromatic amines is 1. The van der Waals surface area contributed by atoms with Crippen LogP contribution in [0.25, 0.3) is 0 Å². The Morgan fingerprint density at radius 3 is 2.48 bits per heavy atom. The first-order valence-corrected chi connectivity index (χ1v) is 9.57. The number of tetrazole rings is 1. The van der Waals surface area contributed by atoms with Crippen molar-refractivity contribution in [2.75, 3.05) is 38.1 Å². The molecule has 1 aromatic carbocycles. The normalized spacial score (nSPS) is 17.6. The van der Waals surface area contributed by atoms with Crippen LogP contribution in [-0.4, -0.2) is 69.8 Å². The topological polar surface area (TPSA) is 98.2 Å². The number of aliphatic carboxylic acids is 1. The number of piperazine rings is 1. The van der Waals surface area contributed by atoms with Gasteiger partial charge in [0.25, 0.3) is 0 Å². The number of nitrogens with zero attached hydrogens (tertiary/aromatic N) is 5. The zero-order chi connectivity index (χ0) is 19.2. The number of anilines is 1. The second-order valence-corrected chi connectivity index (χ2v) is 7.27. The summed E-state index contributed by atoms with van der Waals surface area (Å²) in [6.07, 6.45) is 1.97. The first kappa shape index (κ1) is 19.3. The fraction of sp³-hybridized carbons (Fsp3) is 0.579. The number of likely N-dealkylation sites (N-methyl/N-ethyl adjacent to an activating group) is 1. The van der Waals surface area contributed by atoms with Crippen molar-refractivity contribution in [2.24, 2.45) is 5.92 Å². The third-order valence-corrected chi connectivity index (χ3v) is 5.36. The lowest BCUT2D eigenvalue weighted by atomic mass is 9.83. The molecule has 2 unspecified atom stereocenters. The number of carboxylic acids is 1. The maximum Gasteiger partial charge on any atom is 0.307 e. The number of nitrogens with one attached hydrogen (secondary N) is 1. The molecule has 1 aliphatic rings. The summed E-state index contributed by atoms with van der Waals surface area (Å²) in [7, 11) is 2.15. The van der Waals surface area contributed by atoms with Gasteiger partial charge in [-0.25, -0.2) is 0 Å². The largest absolute Gasteiger partial charge is 0.481 e. The standard InChI is InChI=1S/C19H28N6O2/c1-3-4-16(19(26)27)17(18-20-22-23-21-18)13-14-5-7-15(8-6-14)25-11-9-24(2)10-12-25/h5-8,16-17H,3-4,9-13H2,1-2H3,(H,26,27)(H,20,21,22,23). The van der Waals surface area contributed by atoms with Gasteiger partial charge in [0.2, 0.25) is 0 Å². The molecule has 1 saturated heterocycles. The van der Waals surface area contributed by atoms with E-state index in [2.05, 4.69) is 61.7 Å². The summed E-state index contributed by atoms with van der Waals surface area (Å²) < 4.78 is 0. The van der Waals surface area contributed by atoms with Gasteiger partial charge in [0, 0.05) is 37.8 Å². The number of aromatic nitrogens is 4. The maximum absolute atomic E-state index is 11.8. The Hall–Kier alpha value is -2.48. The molecule has 0 radical (unpaired) electrons. The number of carboxylic acid groups (broad SMARTS) is 1. The van der Waals surface area contributed by atoms with Crippen molar-refractivity contribution in [1.29, 1.82) is 0 Å². The molecule has 146 valence electrons. The lowest BCUT2D eigenvalue weighted by Crippen LogP contribution is -2.44. The lowest BCUT2D eigenvalue weighted by molar-refractivity contribution is -0.142. The molecule has 0 aliphatic carbocycles. The van der Waals surface area contributed by atoms with Crippen LogP contribution in [0.4, 0.5) is 5.69 Å². The highest BCUT2D eigenvalue weighted by Gasteiger charge is 2.32. The van der Waals surface area contributed by atoms with E-state index >= 15 is 0 Å². The Bertz CT molecular complexity index is 710. The molecule has 0 spiro atoms. The van der Waals surface area contributed by atoms with Crippen molar-refractivity contribution in [2.45, 2.75) is 32.1 Å². The molecule has 0 bridgehead atoms. The van der Waals surface area contributed by atoms with Gasteiger partial charge in [-0.05, 0) is 37.6 Å². The molecule has 2 N–H and O–H groups in total. The zero-order valence-electron chi connectivity index (χ0n) is 16.0. The molecule has 2 atom stereocenters. The molecule has 2 aromatic rings. The van der Waals surface area contributed by atoms with E-state index < -0.39 is 11.9 Å². The number of H-pyrrole nitrogens is 1. The Kier molecular flexibility index (Phi) is 6.39. The number of hydrogen-bond acceptors (Lipinski definition) is 6. The SMILES string of the molecule is CCCC(C(=O)O)C(Cc1ccc(N2CCN(C)CC2)cc1)c1nn[nH]n1. The van der Waals surface area contributed by atoms with Gasteiger partial charge in [-0.1, -0.05) is 30.7 Å². The smallest absolute Gasteiger partial charge is 0.307 e. The second kappa shape index (κ2) is 8.94. The van der Waals surface area contributed by atoms with E-state index in [0.29, 0.717) is 18.7 Å². The third-order valence-electron chi connectivity index (χ3n) is 5.36. The van der Waals surface area contributed by atoms with E-state index in [0.717, 1.165) is 38.2 Å². The monoisotopic (exact) mass is 372 g/mol. The van der Waals surface area contributed by atoms with E-state index in [1.807, 2.05) is 6.92 Å². The third kappa shape index (κ3) is 4.82. The van der Waals surface area contributed by atoms with Crippen LogP contribution in [0.15, 0.2) is 24.3 Å². The molecule has 1 aromatic heterocycles. The van der Waals surface area contributed by atoms with Gasteiger partial charge in [0.15, 0.2) is 5.82 Å². The average Bonchev–Trinajstić information content (AvgIpc) is 3.20. The first-order chi connectivity index (χ1) is 13.1. The summed E-state index contributed by atoms with van der Waals surface area (Å²) in [5.74, 6) is -1.15. The Morgan fingerprint density at radius 1 is 1.22 bits per heavy atom. The number of benzene rings is 1. The summed E-state index contributed by atoms with van der Waals surface area (Å²) in [4.78, 5) is 16.5. The molecule has 0 saturated carbocycles. The molecule has 8 heteroatoms. The van der Waals surface area contributed by atoms with Crippen LogP contribution in [0.5, 0.6) is 0 Å². The minimum absolute atomic E-state index is 0.296. The zero-order valence-corrected chi connectivity index (χ0v) is 16.0. The average molecular weight is 372 g/mol. The Balaban J connectivity index is 1.74. The van der Waals surface area contributed by atoms with Gasteiger partial charge in [-0.2, -0.15) is 5.21 Å². The minimum atomic E-state index is -0.805. The van der Waals surface area contributed by atoms with Crippen LogP contribution in [0.3, 0.4) is 0 Å². The lowest BCUT2D eigenvalue weighted by Gasteiger charge is -2.34. The van der Waals surface area contributed by atoms with Crippen LogP contribution in [0, 0.1) is 5.92 Å². The molecule has 1 aliphatic heterocycles. The van der Waals surface area contributed by atoms with Crippen LogP contribution in [0.1, 0.15) is 37.1 Å². The molecule has 0 amide bonds. The highest BCUT2D eigenvalue weighted by atomic mass is 16.4. The molecule has 1 fully saturated rings. The molecule has 2 heterocycles. The maximum atomic E-state index is 11.8. The fourth-order valence-electron chi connectivity index (χ4n) is 3.71. The van der Waals surface area contributed by atoms with Crippen LogP contribution >= 0.6 is 0 Å². The highest BCUT2D eigenvalue weighted by Crippen LogP contribution is 2.30. The van der Waals surface area contributed by atoms with Crippen molar-refractivity contribution in [3.63, 3.8) is 0 Å². The Labute approximate surface area is 159 Å². The second-order valence-electron chi connectivity index (χ2n) is 7.27. The number of hydrogen-bond donors (Lipinski definition) is 2. The highest BCUT2D eigenvalue weighted by molar-refractivity contribution is 5.71. The molecular weight excluding hydrogens is 344 g/mol. The van der Waals surface area contributed by atoms with Crippen LogP contribution in [-0.2, 0) is 11.2 Å². The van der Waals surface area contributed by atoms with Crippen molar-refractivity contribution >= 4 is 11.7 Å². The molecule has 27 heavy (non-hydrogen) atoms. The summed E-state index contributed by atoms with van der Waals surface area (Å²) in [6.45, 7) is 6.18. The van der Waals surface area contributed by atoms with Crippen molar-refractivity contribution in [3.8, 4) is 0 Å². The quantitative estimate of drug-likeness (QED) is 0.729.